The van der Waals surface area contributed by atoms with Crippen LogP contribution in [0.15, 0.2) is 36.7 Å². The Morgan fingerprint density at radius 3 is 2.68 bits per heavy atom. The molecule has 0 fully saturated rings. The maximum Gasteiger partial charge on any atom is 0.123 e. The van der Waals surface area contributed by atoms with Crippen molar-refractivity contribution in [3.05, 3.63) is 53.6 Å². The molecule has 2 rings (SSSR count). The molecule has 2 aromatic rings. The molecule has 0 saturated carbocycles. The molecule has 0 aliphatic carbocycles. The molecule has 1 heterocycles. The number of hydrogen-bond acceptors (Lipinski definition) is 2. The minimum Gasteiger partial charge on any atom is -0.389 e. The average molecular weight is 262 g/mol. The molecular formula is C15H19FN2O. The van der Waals surface area contributed by atoms with E-state index < -0.39 is 5.60 Å². The van der Waals surface area contributed by atoms with Gasteiger partial charge in [-0.25, -0.2) is 4.39 Å². The summed E-state index contributed by atoms with van der Waals surface area (Å²) >= 11 is 0. The summed E-state index contributed by atoms with van der Waals surface area (Å²) in [5, 5.41) is 14.6. The van der Waals surface area contributed by atoms with Gasteiger partial charge in [0.05, 0.1) is 11.8 Å². The fourth-order valence-electron chi connectivity index (χ4n) is 2.26. The Morgan fingerprint density at radius 2 is 2.05 bits per heavy atom. The van der Waals surface area contributed by atoms with Gasteiger partial charge >= 0.3 is 0 Å². The van der Waals surface area contributed by atoms with Crippen molar-refractivity contribution in [2.24, 2.45) is 0 Å². The standard InChI is InChI=1S/C15H19FN2O/c1-3-18-11-13(10-17-18)9-15(2,19)8-12-5-4-6-14(16)7-12/h4-7,10-11,19H,3,8-9H2,1-2H3. The lowest BCUT2D eigenvalue weighted by Gasteiger charge is -2.22. The maximum absolute atomic E-state index is 13.1. The van der Waals surface area contributed by atoms with Crippen LogP contribution < -0.4 is 0 Å². The van der Waals surface area contributed by atoms with Gasteiger partial charge in [0.2, 0.25) is 0 Å². The summed E-state index contributed by atoms with van der Waals surface area (Å²) in [6, 6.07) is 6.36. The van der Waals surface area contributed by atoms with Gasteiger partial charge in [0.25, 0.3) is 0 Å². The number of benzene rings is 1. The third kappa shape index (κ3) is 3.89. The fraction of sp³-hybridized carbons (Fsp3) is 0.400. The monoisotopic (exact) mass is 262 g/mol. The molecule has 1 aromatic heterocycles. The molecule has 1 unspecified atom stereocenters. The van der Waals surface area contributed by atoms with Crippen molar-refractivity contribution in [3.8, 4) is 0 Å². The van der Waals surface area contributed by atoms with Crippen LogP contribution in [0.5, 0.6) is 0 Å². The van der Waals surface area contributed by atoms with Crippen molar-refractivity contribution in [1.29, 1.82) is 0 Å². The Morgan fingerprint density at radius 1 is 1.32 bits per heavy atom. The first-order valence-electron chi connectivity index (χ1n) is 6.47. The quantitative estimate of drug-likeness (QED) is 0.899. The van der Waals surface area contributed by atoms with Crippen molar-refractivity contribution in [3.63, 3.8) is 0 Å². The number of aromatic nitrogens is 2. The first kappa shape index (κ1) is 13.7. The number of aryl methyl sites for hydroxylation is 1. The molecule has 0 amide bonds. The summed E-state index contributed by atoms with van der Waals surface area (Å²) in [5.74, 6) is -0.271. The second kappa shape index (κ2) is 5.53. The van der Waals surface area contributed by atoms with Crippen LogP contribution in [-0.4, -0.2) is 20.5 Å². The summed E-state index contributed by atoms with van der Waals surface area (Å²) in [6.45, 7) is 4.59. The maximum atomic E-state index is 13.1. The Labute approximate surface area is 112 Å². The molecule has 0 saturated heterocycles. The molecule has 0 radical (unpaired) electrons. The molecule has 1 atom stereocenters. The summed E-state index contributed by atoms with van der Waals surface area (Å²) in [5.41, 5.74) is 0.881. The molecule has 1 aromatic carbocycles. The van der Waals surface area contributed by atoms with E-state index >= 15 is 0 Å². The molecule has 0 bridgehead atoms. The summed E-state index contributed by atoms with van der Waals surface area (Å²) < 4.78 is 15.0. The molecule has 1 N–H and O–H groups in total. The Bertz CT molecular complexity index is 549. The highest BCUT2D eigenvalue weighted by molar-refractivity contribution is 5.19. The van der Waals surface area contributed by atoms with E-state index in [-0.39, 0.29) is 5.82 Å². The van der Waals surface area contributed by atoms with Crippen molar-refractivity contribution >= 4 is 0 Å². The largest absolute Gasteiger partial charge is 0.389 e. The molecule has 0 aliphatic rings. The average Bonchev–Trinajstić information content (AvgIpc) is 2.75. The minimum atomic E-state index is -0.907. The molecule has 3 nitrogen and oxygen atoms in total. The van der Waals surface area contributed by atoms with Gasteiger partial charge in [-0.15, -0.1) is 0 Å². The van der Waals surface area contributed by atoms with E-state index in [9.17, 15) is 9.50 Å². The first-order valence-corrected chi connectivity index (χ1v) is 6.47. The van der Waals surface area contributed by atoms with Gasteiger partial charge in [-0.05, 0) is 37.1 Å². The van der Waals surface area contributed by atoms with Gasteiger partial charge in [0.1, 0.15) is 5.82 Å². The van der Waals surface area contributed by atoms with E-state index in [2.05, 4.69) is 5.10 Å². The molecular weight excluding hydrogens is 243 g/mol. The first-order chi connectivity index (χ1) is 8.98. The van der Waals surface area contributed by atoms with Crippen molar-refractivity contribution in [2.75, 3.05) is 0 Å². The van der Waals surface area contributed by atoms with Gasteiger partial charge in [0, 0.05) is 25.6 Å². The zero-order valence-corrected chi connectivity index (χ0v) is 11.3. The number of rotatable bonds is 5. The highest BCUT2D eigenvalue weighted by Crippen LogP contribution is 2.19. The van der Waals surface area contributed by atoms with E-state index in [1.165, 1.54) is 12.1 Å². The van der Waals surface area contributed by atoms with Gasteiger partial charge in [-0.2, -0.15) is 5.10 Å². The van der Waals surface area contributed by atoms with Gasteiger partial charge in [-0.3, -0.25) is 4.68 Å². The highest BCUT2D eigenvalue weighted by Gasteiger charge is 2.22. The zero-order chi connectivity index (χ0) is 13.9. The normalized spacial score (nSPS) is 14.3. The molecule has 0 spiro atoms. The lowest BCUT2D eigenvalue weighted by Crippen LogP contribution is -2.30. The number of nitrogens with zero attached hydrogens (tertiary/aromatic N) is 2. The molecule has 19 heavy (non-hydrogen) atoms. The van der Waals surface area contributed by atoms with Crippen LogP contribution in [0.2, 0.25) is 0 Å². The molecule has 102 valence electrons. The highest BCUT2D eigenvalue weighted by atomic mass is 19.1. The van der Waals surface area contributed by atoms with Crippen LogP contribution in [0.3, 0.4) is 0 Å². The smallest absolute Gasteiger partial charge is 0.123 e. The predicted octanol–water partition coefficient (Wildman–Crippen LogP) is 2.58. The van der Waals surface area contributed by atoms with E-state index in [0.29, 0.717) is 12.8 Å². The Balaban J connectivity index is 2.05. The zero-order valence-electron chi connectivity index (χ0n) is 11.3. The number of aliphatic hydroxyl groups is 1. The van der Waals surface area contributed by atoms with E-state index in [1.807, 2.05) is 23.9 Å². The molecule has 4 heteroatoms. The summed E-state index contributed by atoms with van der Waals surface area (Å²) in [4.78, 5) is 0. The lowest BCUT2D eigenvalue weighted by molar-refractivity contribution is 0.0607. The number of hydrogen-bond donors (Lipinski definition) is 1. The predicted molar refractivity (Wildman–Crippen MR) is 72.3 cm³/mol. The Kier molecular flexibility index (Phi) is 4.00. The molecule has 0 aliphatic heterocycles. The number of halogens is 1. The van der Waals surface area contributed by atoms with Crippen LogP contribution in [0.4, 0.5) is 4.39 Å². The van der Waals surface area contributed by atoms with E-state index in [0.717, 1.165) is 17.7 Å². The van der Waals surface area contributed by atoms with Crippen LogP contribution in [0.25, 0.3) is 0 Å². The van der Waals surface area contributed by atoms with Gasteiger partial charge in [0.15, 0.2) is 0 Å². The van der Waals surface area contributed by atoms with E-state index in [4.69, 9.17) is 0 Å². The van der Waals surface area contributed by atoms with Crippen molar-refractivity contribution < 1.29 is 9.50 Å². The summed E-state index contributed by atoms with van der Waals surface area (Å²) in [6.07, 6.45) is 4.62. The third-order valence-corrected chi connectivity index (χ3v) is 3.07. The van der Waals surface area contributed by atoms with Crippen LogP contribution in [-0.2, 0) is 19.4 Å². The second-order valence-electron chi connectivity index (χ2n) is 5.18. The van der Waals surface area contributed by atoms with Gasteiger partial charge in [-0.1, -0.05) is 12.1 Å². The lowest BCUT2D eigenvalue weighted by atomic mass is 9.91. The van der Waals surface area contributed by atoms with Crippen LogP contribution in [0.1, 0.15) is 25.0 Å². The Hall–Kier alpha value is -1.68. The van der Waals surface area contributed by atoms with E-state index in [1.54, 1.807) is 19.2 Å². The van der Waals surface area contributed by atoms with Crippen molar-refractivity contribution in [2.45, 2.75) is 38.8 Å². The second-order valence-corrected chi connectivity index (χ2v) is 5.18. The van der Waals surface area contributed by atoms with Crippen LogP contribution >= 0.6 is 0 Å². The third-order valence-electron chi connectivity index (χ3n) is 3.07. The van der Waals surface area contributed by atoms with Crippen LogP contribution in [0, 0.1) is 5.82 Å². The fourth-order valence-corrected chi connectivity index (χ4v) is 2.26. The summed E-state index contributed by atoms with van der Waals surface area (Å²) in [7, 11) is 0. The van der Waals surface area contributed by atoms with Gasteiger partial charge < -0.3 is 5.11 Å². The van der Waals surface area contributed by atoms with Crippen molar-refractivity contribution in [1.82, 2.24) is 9.78 Å². The SMILES string of the molecule is CCn1cc(CC(C)(O)Cc2cccc(F)c2)cn1. The topological polar surface area (TPSA) is 38.0 Å². The minimum absolute atomic E-state index is 0.271.